The normalized spacial score (nSPS) is 18.7. The molecule has 1 aromatic rings. The lowest BCUT2D eigenvalue weighted by Gasteiger charge is -2.18. The standard InChI is InChI=1S/C11H16N4O3S/c1-12-10-4-3-9(13-14-10)11(16)15-5-2-7-19(17,18)8-6-15/h3-4H,2,5-8H2,1H3,(H,12,14). The third-order valence-electron chi connectivity index (χ3n) is 2.98. The lowest BCUT2D eigenvalue weighted by Crippen LogP contribution is -2.34. The summed E-state index contributed by atoms with van der Waals surface area (Å²) in [6, 6.07) is 3.25. The average Bonchev–Trinajstić information content (AvgIpc) is 2.59. The second kappa shape index (κ2) is 5.52. The Morgan fingerprint density at radius 1 is 1.26 bits per heavy atom. The lowest BCUT2D eigenvalue weighted by molar-refractivity contribution is 0.0761. The van der Waals surface area contributed by atoms with E-state index in [4.69, 9.17) is 0 Å². The van der Waals surface area contributed by atoms with Crippen molar-refractivity contribution in [3.05, 3.63) is 17.8 Å². The van der Waals surface area contributed by atoms with Crippen LogP contribution in [0.5, 0.6) is 0 Å². The van der Waals surface area contributed by atoms with Gasteiger partial charge in [-0.15, -0.1) is 10.2 Å². The van der Waals surface area contributed by atoms with Crippen LogP contribution in [0.25, 0.3) is 0 Å². The fraction of sp³-hybridized carbons (Fsp3) is 0.545. The van der Waals surface area contributed by atoms with Crippen molar-refractivity contribution in [2.24, 2.45) is 0 Å². The second-order valence-electron chi connectivity index (χ2n) is 4.35. The molecular weight excluding hydrogens is 268 g/mol. The molecule has 1 aliphatic heterocycles. The fourth-order valence-electron chi connectivity index (χ4n) is 1.88. The highest BCUT2D eigenvalue weighted by Crippen LogP contribution is 2.09. The van der Waals surface area contributed by atoms with E-state index in [0.717, 1.165) is 0 Å². The number of aromatic nitrogens is 2. The number of rotatable bonds is 2. The fourth-order valence-corrected chi connectivity index (χ4v) is 3.15. The molecule has 1 aliphatic rings. The van der Waals surface area contributed by atoms with E-state index in [2.05, 4.69) is 15.5 Å². The highest BCUT2D eigenvalue weighted by molar-refractivity contribution is 7.91. The van der Waals surface area contributed by atoms with Crippen molar-refractivity contribution in [1.29, 1.82) is 0 Å². The van der Waals surface area contributed by atoms with Crippen LogP contribution >= 0.6 is 0 Å². The van der Waals surface area contributed by atoms with E-state index in [-0.39, 0.29) is 29.7 Å². The average molecular weight is 284 g/mol. The number of hydrogen-bond donors (Lipinski definition) is 1. The second-order valence-corrected chi connectivity index (χ2v) is 6.66. The minimum absolute atomic E-state index is 0.0147. The molecule has 0 radical (unpaired) electrons. The maximum Gasteiger partial charge on any atom is 0.274 e. The molecule has 2 heterocycles. The summed E-state index contributed by atoms with van der Waals surface area (Å²) in [6.45, 7) is 0.657. The molecule has 1 N–H and O–H groups in total. The largest absolute Gasteiger partial charge is 0.372 e. The smallest absolute Gasteiger partial charge is 0.274 e. The number of nitrogens with one attached hydrogen (secondary N) is 1. The van der Waals surface area contributed by atoms with Crippen LogP contribution in [-0.2, 0) is 9.84 Å². The van der Waals surface area contributed by atoms with Crippen molar-refractivity contribution in [3.8, 4) is 0 Å². The third-order valence-corrected chi connectivity index (χ3v) is 4.70. The Bertz CT molecular complexity index is 556. The van der Waals surface area contributed by atoms with Crippen molar-refractivity contribution < 1.29 is 13.2 Å². The number of carbonyl (C=O) groups excluding carboxylic acids is 1. The molecule has 0 aliphatic carbocycles. The molecule has 0 spiro atoms. The minimum Gasteiger partial charge on any atom is -0.372 e. The molecule has 0 bridgehead atoms. The molecular formula is C11H16N4O3S. The van der Waals surface area contributed by atoms with Gasteiger partial charge in [-0.3, -0.25) is 4.79 Å². The number of nitrogens with zero attached hydrogens (tertiary/aromatic N) is 3. The Balaban J connectivity index is 2.10. The van der Waals surface area contributed by atoms with Crippen LogP contribution in [0.15, 0.2) is 12.1 Å². The van der Waals surface area contributed by atoms with E-state index in [1.165, 1.54) is 4.90 Å². The minimum atomic E-state index is -3.02. The summed E-state index contributed by atoms with van der Waals surface area (Å²) in [5.41, 5.74) is 0.235. The Labute approximate surface area is 111 Å². The SMILES string of the molecule is CNc1ccc(C(=O)N2CCCS(=O)(=O)CC2)nn1. The first-order valence-electron chi connectivity index (χ1n) is 6.03. The van der Waals surface area contributed by atoms with Crippen molar-refractivity contribution in [3.63, 3.8) is 0 Å². The maximum absolute atomic E-state index is 12.2. The van der Waals surface area contributed by atoms with Gasteiger partial charge in [-0.25, -0.2) is 8.42 Å². The molecule has 1 amide bonds. The van der Waals surface area contributed by atoms with Crippen LogP contribution in [-0.4, -0.2) is 61.1 Å². The summed E-state index contributed by atoms with van der Waals surface area (Å²) in [5.74, 6) is 0.462. The molecule has 0 unspecified atom stereocenters. The number of anilines is 1. The number of hydrogen-bond acceptors (Lipinski definition) is 6. The molecule has 1 fully saturated rings. The van der Waals surface area contributed by atoms with Crippen LogP contribution in [0, 0.1) is 0 Å². The number of amides is 1. The summed E-state index contributed by atoms with van der Waals surface area (Å²) in [7, 11) is -1.30. The summed E-state index contributed by atoms with van der Waals surface area (Å²) in [5, 5.41) is 10.5. The van der Waals surface area contributed by atoms with Gasteiger partial charge in [-0.05, 0) is 18.6 Å². The van der Waals surface area contributed by atoms with E-state index < -0.39 is 9.84 Å². The first-order valence-corrected chi connectivity index (χ1v) is 7.85. The van der Waals surface area contributed by atoms with Gasteiger partial charge >= 0.3 is 0 Å². The number of carbonyl (C=O) groups is 1. The van der Waals surface area contributed by atoms with Crippen LogP contribution in [0.3, 0.4) is 0 Å². The molecule has 0 atom stereocenters. The van der Waals surface area contributed by atoms with Crippen LogP contribution < -0.4 is 5.32 Å². The molecule has 0 saturated carbocycles. The van der Waals surface area contributed by atoms with Gasteiger partial charge in [0.1, 0.15) is 5.82 Å². The van der Waals surface area contributed by atoms with E-state index in [0.29, 0.717) is 18.8 Å². The Morgan fingerprint density at radius 2 is 2.05 bits per heavy atom. The third kappa shape index (κ3) is 3.40. The molecule has 19 heavy (non-hydrogen) atoms. The van der Waals surface area contributed by atoms with Gasteiger partial charge in [0.25, 0.3) is 5.91 Å². The zero-order valence-electron chi connectivity index (χ0n) is 10.7. The van der Waals surface area contributed by atoms with Gasteiger partial charge in [0.05, 0.1) is 11.5 Å². The van der Waals surface area contributed by atoms with Gasteiger partial charge in [-0.2, -0.15) is 0 Å². The molecule has 0 aromatic carbocycles. The summed E-state index contributed by atoms with van der Waals surface area (Å²) < 4.78 is 23.0. The molecule has 7 nitrogen and oxygen atoms in total. The van der Waals surface area contributed by atoms with E-state index in [9.17, 15) is 13.2 Å². The summed E-state index contributed by atoms with van der Waals surface area (Å²) >= 11 is 0. The predicted octanol–water partition coefficient (Wildman–Crippen LogP) is -0.221. The first-order chi connectivity index (χ1) is 9.02. The molecule has 104 valence electrons. The summed E-state index contributed by atoms with van der Waals surface area (Å²) in [4.78, 5) is 13.7. The molecule has 1 aromatic heterocycles. The van der Waals surface area contributed by atoms with Crippen LogP contribution in [0.4, 0.5) is 5.82 Å². The van der Waals surface area contributed by atoms with E-state index >= 15 is 0 Å². The van der Waals surface area contributed by atoms with Gasteiger partial charge in [0.15, 0.2) is 15.5 Å². The molecule has 8 heteroatoms. The molecule has 2 rings (SSSR count). The van der Waals surface area contributed by atoms with Crippen LogP contribution in [0.2, 0.25) is 0 Å². The Morgan fingerprint density at radius 3 is 2.68 bits per heavy atom. The van der Waals surface area contributed by atoms with E-state index in [1.807, 2.05) is 0 Å². The van der Waals surface area contributed by atoms with Crippen molar-refractivity contribution in [1.82, 2.24) is 15.1 Å². The van der Waals surface area contributed by atoms with Crippen LogP contribution in [0.1, 0.15) is 16.9 Å². The number of sulfone groups is 1. The van der Waals surface area contributed by atoms with Gasteiger partial charge in [-0.1, -0.05) is 0 Å². The highest BCUT2D eigenvalue weighted by Gasteiger charge is 2.24. The monoisotopic (exact) mass is 284 g/mol. The van der Waals surface area contributed by atoms with Gasteiger partial charge < -0.3 is 10.2 Å². The highest BCUT2D eigenvalue weighted by atomic mass is 32.2. The van der Waals surface area contributed by atoms with Crippen molar-refractivity contribution in [2.45, 2.75) is 6.42 Å². The van der Waals surface area contributed by atoms with Crippen molar-refractivity contribution in [2.75, 3.05) is 37.0 Å². The zero-order valence-corrected chi connectivity index (χ0v) is 11.5. The van der Waals surface area contributed by atoms with Gasteiger partial charge in [0, 0.05) is 20.1 Å². The predicted molar refractivity (Wildman–Crippen MR) is 70.8 cm³/mol. The van der Waals surface area contributed by atoms with E-state index in [1.54, 1.807) is 19.2 Å². The Kier molecular flexibility index (Phi) is 3.98. The van der Waals surface area contributed by atoms with Gasteiger partial charge in [0.2, 0.25) is 0 Å². The zero-order chi connectivity index (χ0) is 13.9. The van der Waals surface area contributed by atoms with Crippen molar-refractivity contribution >= 4 is 21.6 Å². The molecule has 1 saturated heterocycles. The summed E-state index contributed by atoms with van der Waals surface area (Å²) in [6.07, 6.45) is 0.468. The topological polar surface area (TPSA) is 92.3 Å². The Hall–Kier alpha value is -1.70. The quantitative estimate of drug-likeness (QED) is 0.807. The lowest BCUT2D eigenvalue weighted by atomic mass is 10.3. The first kappa shape index (κ1) is 13.7. The maximum atomic E-state index is 12.2.